The van der Waals surface area contributed by atoms with E-state index in [4.69, 9.17) is 4.74 Å². The molecule has 0 aromatic heterocycles. The van der Waals surface area contributed by atoms with Crippen LogP contribution in [0.25, 0.3) is 0 Å². The fourth-order valence-electron chi connectivity index (χ4n) is 3.21. The molecule has 0 spiro atoms. The SMILES string of the molecule is CCCNC(C=C(C)C)C1(OCC)CCC(C)(C)CC1. The summed E-state index contributed by atoms with van der Waals surface area (Å²) in [5.74, 6) is 0. The third kappa shape index (κ3) is 4.89. The first-order valence-electron chi connectivity index (χ1n) is 8.37. The lowest BCUT2D eigenvalue weighted by atomic mass is 9.68. The Bertz CT molecular complexity index is 305. The highest BCUT2D eigenvalue weighted by molar-refractivity contribution is 5.11. The molecule has 1 unspecified atom stereocenters. The monoisotopic (exact) mass is 281 g/mol. The molecule has 2 heteroatoms. The minimum atomic E-state index is -0.00326. The van der Waals surface area contributed by atoms with Crippen LogP contribution in [-0.2, 0) is 4.74 Å². The van der Waals surface area contributed by atoms with Gasteiger partial charge in [0.05, 0.1) is 11.6 Å². The zero-order valence-corrected chi connectivity index (χ0v) is 14.5. The molecule has 0 amide bonds. The van der Waals surface area contributed by atoms with E-state index in [1.807, 2.05) is 0 Å². The number of nitrogens with one attached hydrogen (secondary N) is 1. The minimum absolute atomic E-state index is 0.00326. The van der Waals surface area contributed by atoms with Crippen LogP contribution in [0, 0.1) is 5.41 Å². The summed E-state index contributed by atoms with van der Waals surface area (Å²) in [6, 6.07) is 0.350. The molecule has 1 aliphatic rings. The van der Waals surface area contributed by atoms with E-state index in [1.165, 1.54) is 37.7 Å². The van der Waals surface area contributed by atoms with Crippen molar-refractivity contribution >= 4 is 0 Å². The highest BCUT2D eigenvalue weighted by Gasteiger charge is 2.43. The van der Waals surface area contributed by atoms with Gasteiger partial charge < -0.3 is 10.1 Å². The van der Waals surface area contributed by atoms with Crippen molar-refractivity contribution in [2.75, 3.05) is 13.2 Å². The second-order valence-electron chi connectivity index (χ2n) is 7.34. The van der Waals surface area contributed by atoms with Crippen molar-refractivity contribution in [3.8, 4) is 0 Å². The smallest absolute Gasteiger partial charge is 0.0870 e. The van der Waals surface area contributed by atoms with Crippen LogP contribution in [-0.4, -0.2) is 24.8 Å². The molecule has 118 valence electrons. The summed E-state index contributed by atoms with van der Waals surface area (Å²) in [5.41, 5.74) is 1.85. The summed E-state index contributed by atoms with van der Waals surface area (Å²) >= 11 is 0. The van der Waals surface area contributed by atoms with Crippen molar-refractivity contribution in [1.29, 1.82) is 0 Å². The molecule has 0 aromatic carbocycles. The van der Waals surface area contributed by atoms with Gasteiger partial charge in [-0.25, -0.2) is 0 Å². The Hall–Kier alpha value is -0.340. The van der Waals surface area contributed by atoms with Crippen LogP contribution >= 0.6 is 0 Å². The molecule has 0 saturated heterocycles. The molecule has 2 nitrogen and oxygen atoms in total. The van der Waals surface area contributed by atoms with Gasteiger partial charge in [-0.3, -0.25) is 0 Å². The molecule has 1 N–H and O–H groups in total. The number of hydrogen-bond donors (Lipinski definition) is 1. The Balaban J connectivity index is 2.92. The zero-order valence-electron chi connectivity index (χ0n) is 14.5. The maximum absolute atomic E-state index is 6.32. The van der Waals surface area contributed by atoms with Gasteiger partial charge >= 0.3 is 0 Å². The molecular formula is C18H35NO. The molecule has 0 bridgehead atoms. The lowest BCUT2D eigenvalue weighted by molar-refractivity contribution is -0.0967. The van der Waals surface area contributed by atoms with Crippen molar-refractivity contribution in [1.82, 2.24) is 5.32 Å². The molecule has 0 heterocycles. The van der Waals surface area contributed by atoms with E-state index in [2.05, 4.69) is 52.9 Å². The third-order valence-electron chi connectivity index (χ3n) is 4.56. The summed E-state index contributed by atoms with van der Waals surface area (Å²) in [5, 5.41) is 3.72. The molecule has 1 rings (SSSR count). The predicted octanol–water partition coefficient (Wildman–Crippen LogP) is 4.70. The van der Waals surface area contributed by atoms with E-state index in [1.54, 1.807) is 0 Å². The lowest BCUT2D eigenvalue weighted by Gasteiger charge is -2.47. The van der Waals surface area contributed by atoms with E-state index >= 15 is 0 Å². The van der Waals surface area contributed by atoms with Crippen LogP contribution in [0.1, 0.15) is 73.6 Å². The van der Waals surface area contributed by atoms with Gasteiger partial charge in [-0.05, 0) is 64.8 Å². The first-order valence-corrected chi connectivity index (χ1v) is 8.37. The lowest BCUT2D eigenvalue weighted by Crippen LogP contribution is -2.54. The molecular weight excluding hydrogens is 246 g/mol. The van der Waals surface area contributed by atoms with Crippen LogP contribution < -0.4 is 5.32 Å². The number of ether oxygens (including phenoxy) is 1. The van der Waals surface area contributed by atoms with Gasteiger partial charge in [0.1, 0.15) is 0 Å². The fraction of sp³-hybridized carbons (Fsp3) is 0.889. The third-order valence-corrected chi connectivity index (χ3v) is 4.56. The highest BCUT2D eigenvalue weighted by Crippen LogP contribution is 2.44. The summed E-state index contributed by atoms with van der Waals surface area (Å²) in [7, 11) is 0. The van der Waals surface area contributed by atoms with Gasteiger partial charge in [-0.2, -0.15) is 0 Å². The number of allylic oxidation sites excluding steroid dienone is 1. The van der Waals surface area contributed by atoms with Crippen LogP contribution in [0.3, 0.4) is 0 Å². The molecule has 0 aromatic rings. The van der Waals surface area contributed by atoms with Crippen molar-refractivity contribution in [2.45, 2.75) is 85.3 Å². The molecule has 1 saturated carbocycles. The van der Waals surface area contributed by atoms with E-state index in [9.17, 15) is 0 Å². The summed E-state index contributed by atoms with van der Waals surface area (Å²) < 4.78 is 6.32. The van der Waals surface area contributed by atoms with Gasteiger partial charge in [-0.15, -0.1) is 0 Å². The number of rotatable bonds is 7. The highest BCUT2D eigenvalue weighted by atomic mass is 16.5. The van der Waals surface area contributed by atoms with Crippen LogP contribution in [0.2, 0.25) is 0 Å². The molecule has 1 aliphatic carbocycles. The molecule has 20 heavy (non-hydrogen) atoms. The van der Waals surface area contributed by atoms with Crippen LogP contribution in [0.4, 0.5) is 0 Å². The van der Waals surface area contributed by atoms with Gasteiger partial charge in [0.15, 0.2) is 0 Å². The Morgan fingerprint density at radius 1 is 1.15 bits per heavy atom. The van der Waals surface area contributed by atoms with Gasteiger partial charge in [0, 0.05) is 6.61 Å². The summed E-state index contributed by atoms with van der Waals surface area (Å²) in [6.45, 7) is 15.4. The molecule has 0 radical (unpaired) electrons. The topological polar surface area (TPSA) is 21.3 Å². The fourth-order valence-corrected chi connectivity index (χ4v) is 3.21. The van der Waals surface area contributed by atoms with E-state index in [0.29, 0.717) is 11.5 Å². The van der Waals surface area contributed by atoms with Crippen molar-refractivity contribution in [2.24, 2.45) is 5.41 Å². The van der Waals surface area contributed by atoms with Crippen molar-refractivity contribution in [3.63, 3.8) is 0 Å². The molecule has 1 atom stereocenters. The van der Waals surface area contributed by atoms with E-state index in [-0.39, 0.29) is 5.60 Å². The first-order chi connectivity index (χ1) is 9.35. The first kappa shape index (κ1) is 17.7. The Labute approximate surface area is 126 Å². The second-order valence-corrected chi connectivity index (χ2v) is 7.34. The van der Waals surface area contributed by atoms with Crippen LogP contribution in [0.5, 0.6) is 0 Å². The van der Waals surface area contributed by atoms with E-state index in [0.717, 1.165) is 13.2 Å². The molecule has 0 aliphatic heterocycles. The largest absolute Gasteiger partial charge is 0.373 e. The van der Waals surface area contributed by atoms with Gasteiger partial charge in [0.2, 0.25) is 0 Å². The van der Waals surface area contributed by atoms with Gasteiger partial charge in [-0.1, -0.05) is 32.4 Å². The number of hydrogen-bond acceptors (Lipinski definition) is 2. The van der Waals surface area contributed by atoms with Crippen molar-refractivity contribution in [3.05, 3.63) is 11.6 Å². The Morgan fingerprint density at radius 3 is 2.20 bits per heavy atom. The normalized spacial score (nSPS) is 22.3. The summed E-state index contributed by atoms with van der Waals surface area (Å²) in [6.07, 6.45) is 8.39. The van der Waals surface area contributed by atoms with Crippen LogP contribution in [0.15, 0.2) is 11.6 Å². The predicted molar refractivity (Wildman–Crippen MR) is 88.1 cm³/mol. The summed E-state index contributed by atoms with van der Waals surface area (Å²) in [4.78, 5) is 0. The maximum Gasteiger partial charge on any atom is 0.0870 e. The zero-order chi connectivity index (χ0) is 15.2. The quantitative estimate of drug-likeness (QED) is 0.683. The van der Waals surface area contributed by atoms with Gasteiger partial charge in [0.25, 0.3) is 0 Å². The average molecular weight is 281 g/mol. The van der Waals surface area contributed by atoms with Crippen molar-refractivity contribution < 1.29 is 4.74 Å². The standard InChI is InChI=1S/C18H35NO/c1-7-13-19-16(14-15(3)4)18(20-8-2)11-9-17(5,6)10-12-18/h14,16,19H,7-13H2,1-6H3. The average Bonchev–Trinajstić information content (AvgIpc) is 2.37. The molecule has 1 fully saturated rings. The minimum Gasteiger partial charge on any atom is -0.373 e. The Morgan fingerprint density at radius 2 is 1.75 bits per heavy atom. The Kier molecular flexibility index (Phi) is 6.74. The maximum atomic E-state index is 6.32. The van der Waals surface area contributed by atoms with E-state index < -0.39 is 0 Å². The second kappa shape index (κ2) is 7.61.